The molecule has 0 N–H and O–H groups in total. The number of thiol groups is 2. The van der Waals surface area contributed by atoms with E-state index in [-0.39, 0.29) is 20.9 Å². The van der Waals surface area contributed by atoms with Crippen LogP contribution in [-0.4, -0.2) is 0 Å². The molecule has 0 aliphatic carbocycles. The van der Waals surface area contributed by atoms with Gasteiger partial charge in [0.25, 0.3) is 0 Å². The van der Waals surface area contributed by atoms with Gasteiger partial charge in [0.1, 0.15) is 0 Å². The Balaban J connectivity index is 2.65. The van der Waals surface area contributed by atoms with E-state index in [2.05, 4.69) is 25.3 Å². The fourth-order valence-corrected chi connectivity index (χ4v) is 2.48. The molecule has 0 aromatic heterocycles. The number of rotatable bonds is 1. The predicted octanol–water partition coefficient (Wildman–Crippen LogP) is 5.97. The van der Waals surface area contributed by atoms with Crippen LogP contribution in [0.15, 0.2) is 46.2 Å². The van der Waals surface area contributed by atoms with Gasteiger partial charge in [-0.15, -0.1) is 25.3 Å². The van der Waals surface area contributed by atoms with Crippen LogP contribution in [0.25, 0.3) is 11.1 Å². The van der Waals surface area contributed by atoms with Crippen LogP contribution in [-0.2, 0) is 12.4 Å². The molecule has 0 amide bonds. The van der Waals surface area contributed by atoms with Gasteiger partial charge in [0.05, 0.1) is 11.1 Å². The first-order valence-electron chi connectivity index (χ1n) is 5.81. The topological polar surface area (TPSA) is 0 Å². The molecule has 2 aromatic carbocycles. The Kier molecular flexibility index (Phi) is 4.45. The molecule has 0 saturated heterocycles. The zero-order chi connectivity index (χ0) is 16.7. The SMILES string of the molecule is FC(F)(F)c1ccc(-c2cc(S)ccc2C(F)(F)F)c(S)c1. The van der Waals surface area contributed by atoms with Crippen LogP contribution in [0.4, 0.5) is 26.3 Å². The van der Waals surface area contributed by atoms with E-state index < -0.39 is 23.5 Å². The van der Waals surface area contributed by atoms with E-state index in [1.165, 1.54) is 0 Å². The van der Waals surface area contributed by atoms with E-state index in [0.29, 0.717) is 6.07 Å². The van der Waals surface area contributed by atoms with E-state index in [1.54, 1.807) is 0 Å². The van der Waals surface area contributed by atoms with Crippen molar-refractivity contribution < 1.29 is 26.3 Å². The average Bonchev–Trinajstić information content (AvgIpc) is 2.35. The molecule has 0 fully saturated rings. The van der Waals surface area contributed by atoms with Gasteiger partial charge in [0.2, 0.25) is 0 Å². The summed E-state index contributed by atoms with van der Waals surface area (Å²) >= 11 is 7.87. The number of alkyl halides is 6. The molecule has 2 rings (SSSR count). The van der Waals surface area contributed by atoms with Gasteiger partial charge in [-0.1, -0.05) is 6.07 Å². The van der Waals surface area contributed by atoms with Crippen molar-refractivity contribution in [2.75, 3.05) is 0 Å². The summed E-state index contributed by atoms with van der Waals surface area (Å²) in [5, 5.41) is 0. The third-order valence-electron chi connectivity index (χ3n) is 2.92. The minimum atomic E-state index is -4.64. The summed E-state index contributed by atoms with van der Waals surface area (Å²) in [6.07, 6.45) is -9.23. The lowest BCUT2D eigenvalue weighted by Crippen LogP contribution is -2.08. The third kappa shape index (κ3) is 3.55. The van der Waals surface area contributed by atoms with Crippen molar-refractivity contribution >= 4 is 25.3 Å². The largest absolute Gasteiger partial charge is 0.417 e. The highest BCUT2D eigenvalue weighted by atomic mass is 32.1. The van der Waals surface area contributed by atoms with Crippen molar-refractivity contribution in [1.82, 2.24) is 0 Å². The highest BCUT2D eigenvalue weighted by Gasteiger charge is 2.35. The van der Waals surface area contributed by atoms with Gasteiger partial charge in [-0.2, -0.15) is 26.3 Å². The lowest BCUT2D eigenvalue weighted by atomic mass is 9.98. The summed E-state index contributed by atoms with van der Waals surface area (Å²) in [6.45, 7) is 0. The number of hydrogen-bond donors (Lipinski definition) is 2. The standard InChI is InChI=1S/C14H8F6S2/c15-13(16,17)7-1-3-9(12(22)5-7)10-6-8(21)2-4-11(10)14(18,19)20/h1-6,21-22H. The van der Waals surface area contributed by atoms with E-state index in [4.69, 9.17) is 0 Å². The van der Waals surface area contributed by atoms with Gasteiger partial charge in [-0.3, -0.25) is 0 Å². The second-order valence-corrected chi connectivity index (χ2v) is 5.46. The lowest BCUT2D eigenvalue weighted by molar-refractivity contribution is -0.138. The molecule has 0 nitrogen and oxygen atoms in total. The normalized spacial score (nSPS) is 12.5. The zero-order valence-electron chi connectivity index (χ0n) is 10.6. The van der Waals surface area contributed by atoms with E-state index in [1.807, 2.05) is 0 Å². The van der Waals surface area contributed by atoms with Crippen molar-refractivity contribution in [2.45, 2.75) is 22.1 Å². The van der Waals surface area contributed by atoms with E-state index in [0.717, 1.165) is 30.3 Å². The molecule has 0 radical (unpaired) electrons. The molecule has 118 valence electrons. The molecule has 2 aromatic rings. The average molecular weight is 354 g/mol. The highest BCUT2D eigenvalue weighted by molar-refractivity contribution is 7.80. The maximum Gasteiger partial charge on any atom is 0.417 e. The Bertz CT molecular complexity index is 703. The summed E-state index contributed by atoms with van der Waals surface area (Å²) in [7, 11) is 0. The van der Waals surface area contributed by atoms with Crippen molar-refractivity contribution in [2.24, 2.45) is 0 Å². The molecular weight excluding hydrogens is 346 g/mol. The van der Waals surface area contributed by atoms with Gasteiger partial charge in [-0.25, -0.2) is 0 Å². The first-order valence-corrected chi connectivity index (χ1v) is 6.70. The molecule has 22 heavy (non-hydrogen) atoms. The van der Waals surface area contributed by atoms with Crippen LogP contribution < -0.4 is 0 Å². The summed E-state index contributed by atoms with van der Waals surface area (Å²) < 4.78 is 76.9. The molecular formula is C14H8F6S2. The van der Waals surface area contributed by atoms with Gasteiger partial charge in [0.15, 0.2) is 0 Å². The molecule has 0 heterocycles. The highest BCUT2D eigenvalue weighted by Crippen LogP contribution is 2.41. The predicted molar refractivity (Wildman–Crippen MR) is 76.4 cm³/mol. The third-order valence-corrected chi connectivity index (χ3v) is 3.57. The molecule has 0 unspecified atom stereocenters. The molecule has 0 spiro atoms. The second kappa shape index (κ2) is 5.73. The van der Waals surface area contributed by atoms with Crippen LogP contribution >= 0.6 is 25.3 Å². The minimum absolute atomic E-state index is 0.0421. The van der Waals surface area contributed by atoms with E-state index in [9.17, 15) is 26.3 Å². The maximum atomic E-state index is 13.0. The fourth-order valence-electron chi connectivity index (χ4n) is 1.94. The van der Waals surface area contributed by atoms with Crippen molar-refractivity contribution in [3.05, 3.63) is 47.5 Å². The molecule has 0 aliphatic rings. The quantitative estimate of drug-likeness (QED) is 0.458. The Hall–Kier alpha value is -1.28. The smallest absolute Gasteiger partial charge is 0.166 e. The Morgan fingerprint density at radius 1 is 0.682 bits per heavy atom. The van der Waals surface area contributed by atoms with Gasteiger partial charge in [0, 0.05) is 9.79 Å². The number of hydrogen-bond acceptors (Lipinski definition) is 2. The molecule has 0 aliphatic heterocycles. The molecule has 0 bridgehead atoms. The van der Waals surface area contributed by atoms with E-state index >= 15 is 0 Å². The first-order chi connectivity index (χ1) is 10.00. The number of benzene rings is 2. The summed E-state index contributed by atoms with van der Waals surface area (Å²) in [4.78, 5) is 0.0647. The fraction of sp³-hybridized carbons (Fsp3) is 0.143. The Labute approximate surface area is 133 Å². The lowest BCUT2D eigenvalue weighted by Gasteiger charge is -2.16. The molecule has 8 heteroatoms. The van der Waals surface area contributed by atoms with Gasteiger partial charge >= 0.3 is 12.4 Å². The monoisotopic (exact) mass is 354 g/mol. The Morgan fingerprint density at radius 2 is 1.32 bits per heavy atom. The number of halogens is 6. The first kappa shape index (κ1) is 17.1. The van der Waals surface area contributed by atoms with Gasteiger partial charge in [-0.05, 0) is 41.5 Å². The van der Waals surface area contributed by atoms with Crippen molar-refractivity contribution in [1.29, 1.82) is 0 Å². The van der Waals surface area contributed by atoms with Crippen LogP contribution in [0.3, 0.4) is 0 Å². The Morgan fingerprint density at radius 3 is 1.82 bits per heavy atom. The summed E-state index contributed by atoms with van der Waals surface area (Å²) in [5.41, 5.74) is -2.24. The minimum Gasteiger partial charge on any atom is -0.166 e. The molecule has 0 atom stereocenters. The van der Waals surface area contributed by atoms with Crippen LogP contribution in [0, 0.1) is 0 Å². The molecule has 0 saturated carbocycles. The van der Waals surface area contributed by atoms with Crippen LogP contribution in [0.2, 0.25) is 0 Å². The van der Waals surface area contributed by atoms with Crippen molar-refractivity contribution in [3.8, 4) is 11.1 Å². The maximum absolute atomic E-state index is 13.0. The van der Waals surface area contributed by atoms with Crippen LogP contribution in [0.5, 0.6) is 0 Å². The summed E-state index contributed by atoms with van der Waals surface area (Å²) in [6, 6.07) is 5.54. The summed E-state index contributed by atoms with van der Waals surface area (Å²) in [5.74, 6) is 0. The van der Waals surface area contributed by atoms with Crippen LogP contribution in [0.1, 0.15) is 11.1 Å². The van der Waals surface area contributed by atoms with Crippen molar-refractivity contribution in [3.63, 3.8) is 0 Å². The second-order valence-electron chi connectivity index (χ2n) is 4.46. The zero-order valence-corrected chi connectivity index (χ0v) is 12.4. The van der Waals surface area contributed by atoms with Gasteiger partial charge < -0.3 is 0 Å².